The number of benzene rings is 2. The molecule has 5 rings (SSSR count). The molecule has 1 fully saturated rings. The fourth-order valence-corrected chi connectivity index (χ4v) is 7.53. The van der Waals surface area contributed by atoms with Crippen molar-refractivity contribution in [2.75, 3.05) is 48.7 Å². The van der Waals surface area contributed by atoms with E-state index >= 15 is 0 Å². The first-order valence-corrected chi connectivity index (χ1v) is 20.0. The second kappa shape index (κ2) is 14.2. The Morgan fingerprint density at radius 1 is 1.22 bits per heavy atom. The van der Waals surface area contributed by atoms with Gasteiger partial charge in [-0.15, -0.1) is 0 Å². The van der Waals surface area contributed by atoms with E-state index in [4.69, 9.17) is 21.0 Å². The van der Waals surface area contributed by atoms with Crippen LogP contribution in [0.1, 0.15) is 57.2 Å². The molecule has 257 valence electrons. The molecule has 0 aliphatic carbocycles. The molecule has 49 heavy (non-hydrogen) atoms. The van der Waals surface area contributed by atoms with Crippen LogP contribution in [0.3, 0.4) is 0 Å². The summed E-state index contributed by atoms with van der Waals surface area (Å²) in [6, 6.07) is 11.6. The van der Waals surface area contributed by atoms with Crippen LogP contribution in [0.2, 0.25) is 23.2 Å². The van der Waals surface area contributed by atoms with Crippen LogP contribution < -0.4 is 15.4 Å². The van der Waals surface area contributed by atoms with Crippen molar-refractivity contribution in [3.05, 3.63) is 58.2 Å². The monoisotopic (exact) mass is 698 g/mol. The Hall–Kier alpha value is -3.76. The highest BCUT2D eigenvalue weighted by atomic mass is 35.5. The summed E-state index contributed by atoms with van der Waals surface area (Å²) >= 11 is 6.53. The summed E-state index contributed by atoms with van der Waals surface area (Å²) in [5, 5.41) is 17.2. The van der Waals surface area contributed by atoms with Crippen molar-refractivity contribution in [2.24, 2.45) is 5.92 Å². The van der Waals surface area contributed by atoms with Gasteiger partial charge in [0.1, 0.15) is 12.3 Å². The summed E-state index contributed by atoms with van der Waals surface area (Å²) in [5.74, 6) is 0.300. The number of hydrogen-bond donors (Lipinski definition) is 2. The Morgan fingerprint density at radius 2 is 1.92 bits per heavy atom. The van der Waals surface area contributed by atoms with Crippen molar-refractivity contribution in [1.29, 1.82) is 5.26 Å². The maximum absolute atomic E-state index is 13.1. The van der Waals surface area contributed by atoms with Crippen LogP contribution in [0.5, 0.6) is 0 Å². The van der Waals surface area contributed by atoms with Gasteiger partial charge in [0.15, 0.2) is 8.32 Å². The average Bonchev–Trinajstić information content (AvgIpc) is 3.33. The van der Waals surface area contributed by atoms with Gasteiger partial charge in [-0.3, -0.25) is 4.79 Å². The molecule has 1 atom stereocenters. The van der Waals surface area contributed by atoms with Crippen LogP contribution in [-0.4, -0.2) is 76.0 Å². The Labute approximate surface area is 297 Å². The van der Waals surface area contributed by atoms with E-state index in [0.717, 1.165) is 54.5 Å². The predicted octanol–water partition coefficient (Wildman–Crippen LogP) is 6.91. The van der Waals surface area contributed by atoms with Gasteiger partial charge in [0.05, 0.1) is 11.3 Å². The van der Waals surface area contributed by atoms with Gasteiger partial charge in [-0.2, -0.15) is 5.26 Å². The predicted molar refractivity (Wildman–Crippen MR) is 201 cm³/mol. The number of piperidine rings is 1. The van der Waals surface area contributed by atoms with Gasteiger partial charge in [-0.1, -0.05) is 39.3 Å². The molecule has 10 nitrogen and oxygen atoms in total. The SMILES string of the molecule is Cc1c(NC(=O)C2CCN(C)CC2)cc(Cl)cc1Nc1nccc(-c2cc(C#N)c3c(c2)[C@@](C)(CO[Si](C)(C)C(C)(C)C)CN3[B]C=O)n1. The molecule has 1 amide bonds. The topological polar surface area (TPSA) is 123 Å². The normalized spacial score (nSPS) is 18.5. The van der Waals surface area contributed by atoms with E-state index in [1.807, 2.05) is 11.7 Å². The first-order chi connectivity index (χ1) is 23.0. The number of likely N-dealkylation sites (tertiary alicyclic amines) is 1. The van der Waals surface area contributed by atoms with E-state index in [0.29, 0.717) is 46.8 Å². The van der Waals surface area contributed by atoms with Crippen molar-refractivity contribution in [3.8, 4) is 17.3 Å². The molecule has 2 aliphatic rings. The van der Waals surface area contributed by atoms with Gasteiger partial charge in [0.25, 0.3) is 0 Å². The quantitative estimate of drug-likeness (QED) is 0.172. The molecule has 2 N–H and O–H groups in total. The molecule has 0 bridgehead atoms. The number of rotatable bonds is 10. The first-order valence-electron chi connectivity index (χ1n) is 16.7. The fourth-order valence-electron chi connectivity index (χ4n) is 6.20. The van der Waals surface area contributed by atoms with E-state index in [1.165, 1.54) is 7.41 Å². The maximum atomic E-state index is 13.1. The van der Waals surface area contributed by atoms with E-state index < -0.39 is 13.7 Å². The summed E-state index contributed by atoms with van der Waals surface area (Å²) in [6.07, 6.45) is 4.06. The molecular weight excluding hydrogens is 653 g/mol. The van der Waals surface area contributed by atoms with Crippen LogP contribution in [0, 0.1) is 24.2 Å². The number of halogens is 1. The van der Waals surface area contributed by atoms with E-state index in [-0.39, 0.29) is 16.9 Å². The van der Waals surface area contributed by atoms with Gasteiger partial charge < -0.3 is 29.6 Å². The zero-order valence-corrected chi connectivity index (χ0v) is 31.5. The van der Waals surface area contributed by atoms with E-state index in [1.54, 1.807) is 30.5 Å². The Bertz CT molecular complexity index is 1790. The van der Waals surface area contributed by atoms with Gasteiger partial charge >= 0.3 is 7.41 Å². The Kier molecular flexibility index (Phi) is 10.6. The molecule has 1 radical (unpaired) electrons. The van der Waals surface area contributed by atoms with E-state index in [2.05, 4.69) is 80.5 Å². The molecule has 0 spiro atoms. The van der Waals surface area contributed by atoms with Crippen LogP contribution in [0.15, 0.2) is 36.5 Å². The van der Waals surface area contributed by atoms with E-state index in [9.17, 15) is 14.9 Å². The van der Waals surface area contributed by atoms with Crippen molar-refractivity contribution in [3.63, 3.8) is 0 Å². The summed E-state index contributed by atoms with van der Waals surface area (Å²) < 4.78 is 6.71. The number of carbonyl (C=O) groups excluding carboxylic acids is 2. The third kappa shape index (κ3) is 7.86. The lowest BCUT2D eigenvalue weighted by Gasteiger charge is -2.39. The van der Waals surface area contributed by atoms with Crippen LogP contribution >= 0.6 is 11.6 Å². The van der Waals surface area contributed by atoms with Crippen molar-refractivity contribution in [2.45, 2.75) is 71.0 Å². The largest absolute Gasteiger partial charge is 0.416 e. The molecule has 1 saturated heterocycles. The highest BCUT2D eigenvalue weighted by Crippen LogP contribution is 2.46. The summed E-state index contributed by atoms with van der Waals surface area (Å²) in [6.45, 7) is 17.9. The number of aromatic nitrogens is 2. The second-order valence-corrected chi connectivity index (χ2v) is 20.4. The zero-order chi connectivity index (χ0) is 35.7. The van der Waals surface area contributed by atoms with Gasteiger partial charge in [0, 0.05) is 58.3 Å². The molecule has 2 aliphatic heterocycles. The van der Waals surface area contributed by atoms with Crippen molar-refractivity contribution >= 4 is 62.4 Å². The minimum absolute atomic E-state index is 0.00130. The molecule has 0 unspecified atom stereocenters. The number of nitrogens with zero attached hydrogens (tertiary/aromatic N) is 5. The number of nitrogens with one attached hydrogen (secondary N) is 2. The molecule has 3 heterocycles. The lowest BCUT2D eigenvalue weighted by atomic mass is 9.83. The lowest BCUT2D eigenvalue weighted by Crippen LogP contribution is -2.46. The highest BCUT2D eigenvalue weighted by molar-refractivity contribution is 6.74. The summed E-state index contributed by atoms with van der Waals surface area (Å²) in [7, 11) is 1.47. The fraction of sp³-hybridized carbons (Fsp3) is 0.472. The van der Waals surface area contributed by atoms with Crippen molar-refractivity contribution in [1.82, 2.24) is 14.9 Å². The summed E-state index contributed by atoms with van der Waals surface area (Å²) in [5.41, 5.74) is 5.12. The molecular formula is C36H46BClN7O3Si. The molecule has 1 aromatic heterocycles. The Balaban J connectivity index is 1.45. The summed E-state index contributed by atoms with van der Waals surface area (Å²) in [4.78, 5) is 38.2. The number of anilines is 4. The molecule has 0 saturated carbocycles. The number of carbonyl (C=O) groups is 2. The smallest absolute Gasteiger partial charge is 0.329 e. The zero-order valence-electron chi connectivity index (χ0n) is 29.8. The Morgan fingerprint density at radius 3 is 2.57 bits per heavy atom. The number of amides is 1. The van der Waals surface area contributed by atoms with Crippen LogP contribution in [-0.2, 0) is 19.4 Å². The second-order valence-electron chi connectivity index (χ2n) is 15.1. The van der Waals surface area contributed by atoms with Crippen LogP contribution in [0.25, 0.3) is 11.3 Å². The average molecular weight is 699 g/mol. The first kappa shape index (κ1) is 36.5. The lowest BCUT2D eigenvalue weighted by molar-refractivity contribution is -0.121. The number of fused-ring (bicyclic) bond motifs is 1. The van der Waals surface area contributed by atoms with Gasteiger partial charge in [-0.25, -0.2) is 9.97 Å². The third-order valence-corrected chi connectivity index (χ3v) is 15.1. The number of hydrogen-bond acceptors (Lipinski definition) is 9. The van der Waals surface area contributed by atoms with Crippen LogP contribution in [0.4, 0.5) is 23.0 Å². The molecule has 13 heteroatoms. The highest BCUT2D eigenvalue weighted by Gasteiger charge is 2.44. The standard InChI is InChI=1S/C36H46BClN7O3Si/c1-23-30(41-33(47)24-10-13-44(6)14-11-24)17-27(38)18-31(23)43-34-40-12-9-29(42-34)25-15-26(19-39)32-28(16-25)36(5,20-45(32)37-22-46)21-48-49(7,8)35(2,3)4/h9,12,15-18,22,24H,10-11,13-14,20-21H2,1-8H3,(H,41,47)(H,40,42,43)/t36-/m1/s1. The molecule has 2 aromatic carbocycles. The maximum Gasteiger partial charge on any atom is 0.329 e. The minimum atomic E-state index is -2.09. The van der Waals surface area contributed by atoms with Gasteiger partial charge in [-0.05, 0) is 99.5 Å². The molecule has 3 aromatic rings. The minimum Gasteiger partial charge on any atom is -0.416 e. The van der Waals surface area contributed by atoms with Crippen molar-refractivity contribution < 1.29 is 14.0 Å². The third-order valence-electron chi connectivity index (χ3n) is 10.4. The van der Waals surface area contributed by atoms with Gasteiger partial charge in [0.2, 0.25) is 11.9 Å². The number of nitriles is 1.